The SMILES string of the molecule is COc1cccc(C2(C)NC(=O)N(NC(=O)CN(CC(N)=O)C(C)C)C2=O)c1. The number of hydrazine groups is 1. The first-order chi connectivity index (χ1) is 13.1. The molecule has 1 aromatic rings. The van der Waals surface area contributed by atoms with Crippen molar-refractivity contribution in [1.29, 1.82) is 0 Å². The highest BCUT2D eigenvalue weighted by atomic mass is 16.5. The third-order valence-corrected chi connectivity index (χ3v) is 4.51. The molecule has 1 aromatic carbocycles. The Labute approximate surface area is 162 Å². The lowest BCUT2D eigenvalue weighted by atomic mass is 9.92. The van der Waals surface area contributed by atoms with Crippen molar-refractivity contribution in [2.75, 3.05) is 20.2 Å². The van der Waals surface area contributed by atoms with Gasteiger partial charge in [-0.3, -0.25) is 24.7 Å². The van der Waals surface area contributed by atoms with Crippen LogP contribution in [-0.4, -0.2) is 59.9 Å². The summed E-state index contributed by atoms with van der Waals surface area (Å²) in [4.78, 5) is 50.2. The number of methoxy groups -OCH3 is 1. The first-order valence-corrected chi connectivity index (χ1v) is 8.71. The van der Waals surface area contributed by atoms with Crippen molar-refractivity contribution in [1.82, 2.24) is 20.7 Å². The van der Waals surface area contributed by atoms with Gasteiger partial charge in [-0.25, -0.2) is 4.79 Å². The van der Waals surface area contributed by atoms with Crippen LogP contribution in [0, 0.1) is 0 Å². The van der Waals surface area contributed by atoms with E-state index in [0.717, 1.165) is 0 Å². The van der Waals surface area contributed by atoms with Gasteiger partial charge in [-0.2, -0.15) is 5.01 Å². The molecular weight excluding hydrogens is 366 g/mol. The van der Waals surface area contributed by atoms with Crippen molar-refractivity contribution in [2.45, 2.75) is 32.4 Å². The molecule has 0 radical (unpaired) electrons. The van der Waals surface area contributed by atoms with E-state index >= 15 is 0 Å². The zero-order valence-corrected chi connectivity index (χ0v) is 16.3. The van der Waals surface area contributed by atoms with Gasteiger partial charge in [0.2, 0.25) is 5.91 Å². The molecule has 0 bridgehead atoms. The minimum absolute atomic E-state index is 0.118. The molecule has 152 valence electrons. The van der Waals surface area contributed by atoms with Gasteiger partial charge < -0.3 is 15.8 Å². The van der Waals surface area contributed by atoms with Gasteiger partial charge in [-0.1, -0.05) is 12.1 Å². The largest absolute Gasteiger partial charge is 0.497 e. The fraction of sp³-hybridized carbons (Fsp3) is 0.444. The normalized spacial score (nSPS) is 19.1. The van der Waals surface area contributed by atoms with Crippen molar-refractivity contribution in [3.8, 4) is 5.75 Å². The first kappa shape index (κ1) is 21.2. The molecule has 10 nitrogen and oxygen atoms in total. The van der Waals surface area contributed by atoms with E-state index in [0.29, 0.717) is 16.3 Å². The molecule has 1 saturated heterocycles. The van der Waals surface area contributed by atoms with Gasteiger partial charge in [-0.15, -0.1) is 0 Å². The number of hydrogen-bond acceptors (Lipinski definition) is 6. The molecule has 1 heterocycles. The highest BCUT2D eigenvalue weighted by molar-refractivity contribution is 6.08. The van der Waals surface area contributed by atoms with Crippen molar-refractivity contribution >= 4 is 23.8 Å². The van der Waals surface area contributed by atoms with Gasteiger partial charge in [0.05, 0.1) is 20.2 Å². The number of urea groups is 1. The second kappa shape index (κ2) is 8.26. The number of nitrogens with one attached hydrogen (secondary N) is 2. The molecule has 1 atom stereocenters. The predicted octanol–water partition coefficient (Wildman–Crippen LogP) is -0.311. The molecule has 0 aliphatic carbocycles. The minimum atomic E-state index is -1.36. The van der Waals surface area contributed by atoms with Crippen LogP contribution in [0.25, 0.3) is 0 Å². The lowest BCUT2D eigenvalue weighted by Crippen LogP contribution is -2.52. The average Bonchev–Trinajstić information content (AvgIpc) is 2.85. The van der Waals surface area contributed by atoms with Crippen LogP contribution in [0.3, 0.4) is 0 Å². The lowest BCUT2D eigenvalue weighted by molar-refractivity contribution is -0.139. The molecule has 1 aliphatic heterocycles. The number of nitrogens with two attached hydrogens (primary N) is 1. The van der Waals surface area contributed by atoms with E-state index in [9.17, 15) is 19.2 Å². The Hall–Kier alpha value is -3.14. The Morgan fingerprint density at radius 2 is 2.00 bits per heavy atom. The monoisotopic (exact) mass is 391 g/mol. The van der Waals surface area contributed by atoms with Crippen LogP contribution in [-0.2, 0) is 19.9 Å². The summed E-state index contributed by atoms with van der Waals surface area (Å²) >= 11 is 0. The molecule has 5 amide bonds. The first-order valence-electron chi connectivity index (χ1n) is 8.71. The molecule has 1 unspecified atom stereocenters. The smallest absolute Gasteiger partial charge is 0.344 e. The Morgan fingerprint density at radius 3 is 2.57 bits per heavy atom. The second-order valence-electron chi connectivity index (χ2n) is 6.93. The van der Waals surface area contributed by atoms with Crippen molar-refractivity contribution in [3.63, 3.8) is 0 Å². The Balaban J connectivity index is 2.14. The van der Waals surface area contributed by atoms with E-state index in [1.807, 2.05) is 0 Å². The fourth-order valence-electron chi connectivity index (χ4n) is 2.84. The summed E-state index contributed by atoms with van der Waals surface area (Å²) in [5, 5.41) is 3.23. The van der Waals surface area contributed by atoms with Gasteiger partial charge >= 0.3 is 6.03 Å². The zero-order valence-electron chi connectivity index (χ0n) is 16.3. The number of nitrogens with zero attached hydrogens (tertiary/aromatic N) is 2. The molecule has 0 saturated carbocycles. The third-order valence-electron chi connectivity index (χ3n) is 4.51. The Kier molecular flexibility index (Phi) is 6.24. The summed E-state index contributed by atoms with van der Waals surface area (Å²) in [7, 11) is 1.50. The topological polar surface area (TPSA) is 134 Å². The number of ether oxygens (including phenoxy) is 1. The molecule has 10 heteroatoms. The van der Waals surface area contributed by atoms with E-state index in [1.165, 1.54) is 12.0 Å². The lowest BCUT2D eigenvalue weighted by Gasteiger charge is -2.25. The summed E-state index contributed by atoms with van der Waals surface area (Å²) in [6.45, 7) is 4.82. The van der Waals surface area contributed by atoms with Gasteiger partial charge in [-0.05, 0) is 38.5 Å². The minimum Gasteiger partial charge on any atom is -0.497 e. The van der Waals surface area contributed by atoms with E-state index in [1.54, 1.807) is 45.0 Å². The number of carbonyl (C=O) groups is 4. The molecule has 1 fully saturated rings. The molecule has 0 aromatic heterocycles. The second-order valence-corrected chi connectivity index (χ2v) is 6.93. The van der Waals surface area contributed by atoms with E-state index in [-0.39, 0.29) is 19.1 Å². The van der Waals surface area contributed by atoms with Crippen LogP contribution >= 0.6 is 0 Å². The highest BCUT2D eigenvalue weighted by Crippen LogP contribution is 2.30. The number of rotatable bonds is 8. The summed E-state index contributed by atoms with van der Waals surface area (Å²) < 4.78 is 5.16. The van der Waals surface area contributed by atoms with E-state index < -0.39 is 29.3 Å². The molecular formula is C18H25N5O5. The quantitative estimate of drug-likeness (QED) is 0.521. The van der Waals surface area contributed by atoms with Crippen LogP contribution in [0.15, 0.2) is 24.3 Å². The average molecular weight is 391 g/mol. The maximum Gasteiger partial charge on any atom is 0.344 e. The van der Waals surface area contributed by atoms with E-state index in [4.69, 9.17) is 10.5 Å². The third kappa shape index (κ3) is 4.39. The highest BCUT2D eigenvalue weighted by Gasteiger charge is 2.50. The molecule has 28 heavy (non-hydrogen) atoms. The number of primary amides is 1. The summed E-state index contributed by atoms with van der Waals surface area (Å²) in [6, 6.07) is 5.84. The Bertz CT molecular complexity index is 796. The number of benzene rings is 1. The van der Waals surface area contributed by atoms with Crippen molar-refractivity contribution in [3.05, 3.63) is 29.8 Å². The zero-order chi connectivity index (χ0) is 21.1. The maximum atomic E-state index is 12.9. The number of amides is 5. The predicted molar refractivity (Wildman–Crippen MR) is 99.8 cm³/mol. The van der Waals surface area contributed by atoms with Crippen molar-refractivity contribution in [2.24, 2.45) is 5.73 Å². The van der Waals surface area contributed by atoms with E-state index in [2.05, 4.69) is 10.7 Å². The summed E-state index contributed by atoms with van der Waals surface area (Å²) in [5.74, 6) is -1.30. The van der Waals surface area contributed by atoms with Gasteiger partial charge in [0.15, 0.2) is 0 Å². The van der Waals surface area contributed by atoms with Crippen LogP contribution in [0.5, 0.6) is 5.75 Å². The number of imide groups is 1. The van der Waals surface area contributed by atoms with Gasteiger partial charge in [0.1, 0.15) is 11.3 Å². The Morgan fingerprint density at radius 1 is 1.32 bits per heavy atom. The molecule has 4 N–H and O–H groups in total. The van der Waals surface area contributed by atoms with Crippen LogP contribution in [0.4, 0.5) is 4.79 Å². The summed E-state index contributed by atoms with van der Waals surface area (Å²) in [6.07, 6.45) is 0. The fourth-order valence-corrected chi connectivity index (χ4v) is 2.84. The van der Waals surface area contributed by atoms with Crippen LogP contribution < -0.4 is 21.2 Å². The molecule has 0 spiro atoms. The molecule has 2 rings (SSSR count). The van der Waals surface area contributed by atoms with Crippen LogP contribution in [0.1, 0.15) is 26.3 Å². The standard InChI is InChI=1S/C18H25N5O5/c1-11(2)22(9-14(19)24)10-15(25)21-23-16(26)18(3,20-17(23)27)12-6-5-7-13(8-12)28-4/h5-8,11H,9-10H2,1-4H3,(H2,19,24)(H,20,27)(H,21,25). The number of hydrogen-bond donors (Lipinski definition) is 3. The summed E-state index contributed by atoms with van der Waals surface area (Å²) in [5.41, 5.74) is 6.64. The van der Waals surface area contributed by atoms with Crippen LogP contribution in [0.2, 0.25) is 0 Å². The van der Waals surface area contributed by atoms with Crippen molar-refractivity contribution < 1.29 is 23.9 Å². The van der Waals surface area contributed by atoms with Gasteiger partial charge in [0, 0.05) is 6.04 Å². The number of carbonyl (C=O) groups excluding carboxylic acids is 4. The maximum absolute atomic E-state index is 12.9. The van der Waals surface area contributed by atoms with Gasteiger partial charge in [0.25, 0.3) is 11.8 Å². The molecule has 1 aliphatic rings.